The Kier molecular flexibility index (Phi) is 4.55. The van der Waals surface area contributed by atoms with Crippen molar-refractivity contribution < 1.29 is 9.53 Å². The van der Waals surface area contributed by atoms with Crippen LogP contribution in [0.15, 0.2) is 36.4 Å². The fraction of sp³-hybridized carbons (Fsp3) is 0.278. The molecule has 3 rings (SSSR count). The highest BCUT2D eigenvalue weighted by Crippen LogP contribution is 2.28. The van der Waals surface area contributed by atoms with Crippen LogP contribution in [0, 0.1) is 0 Å². The van der Waals surface area contributed by atoms with Gasteiger partial charge >= 0.3 is 0 Å². The molecule has 0 unspecified atom stereocenters. The topological polar surface area (TPSA) is 41.6 Å². The van der Waals surface area contributed by atoms with Gasteiger partial charge < -0.3 is 15.0 Å². The zero-order chi connectivity index (χ0) is 16.4. The summed E-state index contributed by atoms with van der Waals surface area (Å²) in [6.45, 7) is 1.90. The van der Waals surface area contributed by atoms with Crippen LogP contribution in [0.2, 0.25) is 5.02 Å². The van der Waals surface area contributed by atoms with Gasteiger partial charge in [-0.1, -0.05) is 23.7 Å². The van der Waals surface area contributed by atoms with Crippen molar-refractivity contribution >= 4 is 23.2 Å². The van der Waals surface area contributed by atoms with E-state index >= 15 is 0 Å². The van der Waals surface area contributed by atoms with Crippen LogP contribution in [0.4, 0.5) is 5.69 Å². The molecule has 1 N–H and O–H groups in total. The number of amides is 1. The number of benzene rings is 2. The highest BCUT2D eigenvalue weighted by molar-refractivity contribution is 6.31. The summed E-state index contributed by atoms with van der Waals surface area (Å²) in [4.78, 5) is 14.9. The van der Waals surface area contributed by atoms with Crippen LogP contribution >= 0.6 is 11.6 Å². The van der Waals surface area contributed by atoms with E-state index in [1.54, 1.807) is 18.2 Å². The van der Waals surface area contributed by atoms with E-state index in [0.29, 0.717) is 16.3 Å². The fourth-order valence-electron chi connectivity index (χ4n) is 2.91. The molecule has 0 atom stereocenters. The maximum atomic E-state index is 12.6. The average Bonchev–Trinajstić information content (AvgIpc) is 2.54. The Balaban J connectivity index is 1.88. The van der Waals surface area contributed by atoms with E-state index in [4.69, 9.17) is 16.3 Å². The molecular formula is C18H19ClN2O2. The molecule has 0 fully saturated rings. The molecule has 1 amide bonds. The molecule has 1 aliphatic heterocycles. The molecule has 0 bridgehead atoms. The second kappa shape index (κ2) is 6.60. The quantitative estimate of drug-likeness (QED) is 0.935. The largest absolute Gasteiger partial charge is 0.496 e. The minimum absolute atomic E-state index is 0.189. The second-order valence-corrected chi connectivity index (χ2v) is 6.17. The normalized spacial score (nSPS) is 14.2. The Labute approximate surface area is 141 Å². The lowest BCUT2D eigenvalue weighted by atomic mass is 9.98. The molecule has 0 radical (unpaired) electrons. The van der Waals surface area contributed by atoms with E-state index < -0.39 is 0 Å². The summed E-state index contributed by atoms with van der Waals surface area (Å²) in [6, 6.07) is 11.1. The third-order valence-corrected chi connectivity index (χ3v) is 4.35. The molecule has 23 heavy (non-hydrogen) atoms. The number of carbonyl (C=O) groups excluding carboxylic acids is 1. The van der Waals surface area contributed by atoms with Crippen molar-refractivity contribution in [3.63, 3.8) is 0 Å². The number of nitrogens with one attached hydrogen (secondary N) is 1. The molecule has 0 saturated carbocycles. The van der Waals surface area contributed by atoms with Crippen LogP contribution < -0.4 is 10.1 Å². The van der Waals surface area contributed by atoms with Gasteiger partial charge in [0.1, 0.15) is 5.75 Å². The monoisotopic (exact) mass is 330 g/mol. The van der Waals surface area contributed by atoms with Gasteiger partial charge in [0, 0.05) is 23.8 Å². The summed E-state index contributed by atoms with van der Waals surface area (Å²) in [5, 5.41) is 3.56. The number of fused-ring (bicyclic) bond motifs is 1. The van der Waals surface area contributed by atoms with Crippen molar-refractivity contribution in [3.8, 4) is 5.75 Å². The lowest BCUT2D eigenvalue weighted by Gasteiger charge is -2.26. The Morgan fingerprint density at radius 1 is 1.30 bits per heavy atom. The van der Waals surface area contributed by atoms with E-state index in [9.17, 15) is 4.79 Å². The van der Waals surface area contributed by atoms with Gasteiger partial charge in [-0.15, -0.1) is 0 Å². The lowest BCUT2D eigenvalue weighted by Crippen LogP contribution is -2.27. The number of hydrogen-bond acceptors (Lipinski definition) is 3. The first-order valence-electron chi connectivity index (χ1n) is 7.52. The number of halogens is 1. The minimum atomic E-state index is -0.189. The third kappa shape index (κ3) is 3.33. The standard InChI is InChI=1S/C18H19ClN2O2/c1-21-9-8-14-12(11-21)4-3-5-16(14)20-18(22)15-7-6-13(19)10-17(15)23-2/h3-7,10H,8-9,11H2,1-2H3,(H,20,22). The van der Waals surface area contributed by atoms with Crippen molar-refractivity contribution in [1.82, 2.24) is 4.90 Å². The molecule has 0 spiro atoms. The van der Waals surface area contributed by atoms with Gasteiger partial charge in [0.05, 0.1) is 12.7 Å². The Bertz CT molecular complexity index is 746. The van der Waals surface area contributed by atoms with E-state index in [1.165, 1.54) is 18.2 Å². The molecule has 2 aromatic carbocycles. The molecule has 5 heteroatoms. The van der Waals surface area contributed by atoms with Crippen LogP contribution in [0.5, 0.6) is 5.75 Å². The smallest absolute Gasteiger partial charge is 0.259 e. The van der Waals surface area contributed by atoms with Crippen molar-refractivity contribution in [1.29, 1.82) is 0 Å². The SMILES string of the molecule is COc1cc(Cl)ccc1C(=O)Nc1cccc2c1CCN(C)C2. The first-order valence-corrected chi connectivity index (χ1v) is 7.90. The van der Waals surface area contributed by atoms with Crippen LogP contribution in [-0.4, -0.2) is 31.5 Å². The minimum Gasteiger partial charge on any atom is -0.496 e. The summed E-state index contributed by atoms with van der Waals surface area (Å²) in [7, 11) is 3.63. The number of methoxy groups -OCH3 is 1. The molecule has 1 heterocycles. The van der Waals surface area contributed by atoms with E-state index in [1.807, 2.05) is 12.1 Å². The molecule has 0 aromatic heterocycles. The van der Waals surface area contributed by atoms with Crippen LogP contribution in [0.25, 0.3) is 0 Å². The first-order chi connectivity index (χ1) is 11.1. The molecule has 120 valence electrons. The van der Waals surface area contributed by atoms with E-state index in [2.05, 4.69) is 23.3 Å². The van der Waals surface area contributed by atoms with E-state index in [0.717, 1.165) is 25.2 Å². The first kappa shape index (κ1) is 15.8. The fourth-order valence-corrected chi connectivity index (χ4v) is 3.07. The van der Waals surface area contributed by atoms with Crippen LogP contribution in [-0.2, 0) is 13.0 Å². The molecule has 1 aliphatic rings. The van der Waals surface area contributed by atoms with Gasteiger partial charge in [-0.25, -0.2) is 0 Å². The number of nitrogens with zero attached hydrogens (tertiary/aromatic N) is 1. The van der Waals surface area contributed by atoms with Crippen molar-refractivity contribution in [3.05, 3.63) is 58.1 Å². The van der Waals surface area contributed by atoms with Gasteiger partial charge in [0.2, 0.25) is 0 Å². The summed E-state index contributed by atoms with van der Waals surface area (Å²) in [5.74, 6) is 0.283. The lowest BCUT2D eigenvalue weighted by molar-refractivity contribution is 0.102. The van der Waals surface area contributed by atoms with Gasteiger partial charge in [-0.05, 0) is 48.9 Å². The molecular weight excluding hydrogens is 312 g/mol. The van der Waals surface area contributed by atoms with Gasteiger partial charge in [0.15, 0.2) is 0 Å². The molecule has 0 saturated heterocycles. The molecule has 2 aromatic rings. The van der Waals surface area contributed by atoms with Gasteiger partial charge in [-0.3, -0.25) is 4.79 Å². The van der Waals surface area contributed by atoms with Crippen molar-refractivity contribution in [2.45, 2.75) is 13.0 Å². The van der Waals surface area contributed by atoms with Crippen LogP contribution in [0.3, 0.4) is 0 Å². The second-order valence-electron chi connectivity index (χ2n) is 5.73. The van der Waals surface area contributed by atoms with Crippen molar-refractivity contribution in [2.75, 3.05) is 26.0 Å². The maximum Gasteiger partial charge on any atom is 0.259 e. The Morgan fingerprint density at radius 2 is 2.13 bits per heavy atom. The summed E-state index contributed by atoms with van der Waals surface area (Å²) < 4.78 is 5.26. The number of anilines is 1. The number of rotatable bonds is 3. The predicted molar refractivity (Wildman–Crippen MR) is 92.4 cm³/mol. The average molecular weight is 331 g/mol. The number of carbonyl (C=O) groups is 1. The van der Waals surface area contributed by atoms with E-state index in [-0.39, 0.29) is 5.91 Å². The molecule has 0 aliphatic carbocycles. The Morgan fingerprint density at radius 3 is 2.91 bits per heavy atom. The number of likely N-dealkylation sites (N-methyl/N-ethyl adjacent to an activating group) is 1. The van der Waals surface area contributed by atoms with Gasteiger partial charge in [0.25, 0.3) is 5.91 Å². The highest BCUT2D eigenvalue weighted by Gasteiger charge is 2.19. The van der Waals surface area contributed by atoms with Crippen molar-refractivity contribution in [2.24, 2.45) is 0 Å². The van der Waals surface area contributed by atoms with Crippen LogP contribution in [0.1, 0.15) is 21.5 Å². The summed E-state index contributed by atoms with van der Waals surface area (Å²) >= 11 is 5.95. The predicted octanol–water partition coefficient (Wildman–Crippen LogP) is 3.59. The zero-order valence-electron chi connectivity index (χ0n) is 13.2. The number of ether oxygens (including phenoxy) is 1. The summed E-state index contributed by atoms with van der Waals surface area (Å²) in [6.07, 6.45) is 0.931. The number of hydrogen-bond donors (Lipinski definition) is 1. The molecule has 4 nitrogen and oxygen atoms in total. The summed E-state index contributed by atoms with van der Waals surface area (Å²) in [5.41, 5.74) is 3.83. The maximum absolute atomic E-state index is 12.6. The third-order valence-electron chi connectivity index (χ3n) is 4.11. The zero-order valence-corrected chi connectivity index (χ0v) is 14.0. The van der Waals surface area contributed by atoms with Gasteiger partial charge in [-0.2, -0.15) is 0 Å². The Hall–Kier alpha value is -2.04. The highest BCUT2D eigenvalue weighted by atomic mass is 35.5.